The zero-order valence-corrected chi connectivity index (χ0v) is 12.0. The minimum Gasteiger partial charge on any atom is -0.376 e. The average molecular weight is 275 g/mol. The molecule has 0 aliphatic carbocycles. The van der Waals surface area contributed by atoms with Crippen molar-refractivity contribution in [1.29, 1.82) is 0 Å². The van der Waals surface area contributed by atoms with Gasteiger partial charge in [-0.05, 0) is 19.8 Å². The Labute approximate surface area is 118 Å². The first kappa shape index (κ1) is 13.2. The van der Waals surface area contributed by atoms with Crippen LogP contribution in [0.1, 0.15) is 19.8 Å². The number of hydrogen-bond donors (Lipinski definition) is 1. The van der Waals surface area contributed by atoms with Crippen molar-refractivity contribution < 1.29 is 4.74 Å². The number of fused-ring (bicyclic) bond motifs is 1. The van der Waals surface area contributed by atoms with E-state index in [0.717, 1.165) is 49.8 Å². The average Bonchev–Trinajstić information content (AvgIpc) is 3.08. The second-order valence-corrected chi connectivity index (χ2v) is 5.15. The van der Waals surface area contributed by atoms with Crippen molar-refractivity contribution in [3.8, 4) is 0 Å². The molecule has 3 heterocycles. The fourth-order valence-corrected chi connectivity index (χ4v) is 2.62. The third kappa shape index (κ3) is 2.56. The van der Waals surface area contributed by atoms with E-state index in [1.807, 2.05) is 16.8 Å². The lowest BCUT2D eigenvalue weighted by Crippen LogP contribution is -2.29. The third-order valence-electron chi connectivity index (χ3n) is 3.58. The molecular formula is C14H21N5O. The minimum atomic E-state index is 0.305. The molecule has 0 saturated carbocycles. The van der Waals surface area contributed by atoms with Crippen LogP contribution in [0.2, 0.25) is 0 Å². The first-order chi connectivity index (χ1) is 9.78. The van der Waals surface area contributed by atoms with Gasteiger partial charge in [-0.1, -0.05) is 0 Å². The van der Waals surface area contributed by atoms with E-state index in [9.17, 15) is 0 Å². The molecule has 2 aromatic heterocycles. The van der Waals surface area contributed by atoms with Crippen LogP contribution in [0.4, 0.5) is 11.6 Å². The molecule has 20 heavy (non-hydrogen) atoms. The monoisotopic (exact) mass is 275 g/mol. The first-order valence-corrected chi connectivity index (χ1v) is 7.18. The Bertz CT molecular complexity index is 576. The van der Waals surface area contributed by atoms with Gasteiger partial charge < -0.3 is 19.4 Å². The van der Waals surface area contributed by atoms with Crippen LogP contribution >= 0.6 is 0 Å². The van der Waals surface area contributed by atoms with E-state index >= 15 is 0 Å². The maximum Gasteiger partial charge on any atom is 0.180 e. The highest BCUT2D eigenvalue weighted by Gasteiger charge is 2.20. The molecule has 0 bridgehead atoms. The van der Waals surface area contributed by atoms with Crippen molar-refractivity contribution in [3.63, 3.8) is 0 Å². The Hall–Kier alpha value is -1.82. The van der Waals surface area contributed by atoms with Gasteiger partial charge in [-0.15, -0.1) is 0 Å². The van der Waals surface area contributed by atoms with Gasteiger partial charge in [0.05, 0.1) is 12.3 Å². The quantitative estimate of drug-likeness (QED) is 0.901. The summed E-state index contributed by atoms with van der Waals surface area (Å²) < 4.78 is 7.71. The summed E-state index contributed by atoms with van der Waals surface area (Å²) >= 11 is 0. The van der Waals surface area contributed by atoms with Gasteiger partial charge in [0.15, 0.2) is 11.5 Å². The van der Waals surface area contributed by atoms with E-state index < -0.39 is 0 Å². The minimum absolute atomic E-state index is 0.305. The number of likely N-dealkylation sites (N-methyl/N-ethyl adjacent to an activating group) is 1. The molecule has 6 nitrogen and oxygen atoms in total. The maximum atomic E-state index is 5.70. The van der Waals surface area contributed by atoms with Crippen LogP contribution < -0.4 is 10.2 Å². The molecule has 0 amide bonds. The molecule has 108 valence electrons. The lowest BCUT2D eigenvalue weighted by Gasteiger charge is -2.22. The van der Waals surface area contributed by atoms with Crippen LogP contribution in [-0.4, -0.2) is 47.2 Å². The van der Waals surface area contributed by atoms with Gasteiger partial charge in [-0.3, -0.25) is 0 Å². The predicted octanol–water partition coefficient (Wildman–Crippen LogP) is 1.78. The molecule has 3 rings (SSSR count). The predicted molar refractivity (Wildman–Crippen MR) is 79.4 cm³/mol. The standard InChI is InChI=1S/C14H21N5O/c1-3-15-12-10-19-7-6-16-13(19)14(17-12)18(2)9-11-5-4-8-20-11/h6-7,10-11,15H,3-5,8-9H2,1-2H3. The zero-order chi connectivity index (χ0) is 13.9. The fraction of sp³-hybridized carbons (Fsp3) is 0.571. The van der Waals surface area contributed by atoms with Gasteiger partial charge >= 0.3 is 0 Å². The summed E-state index contributed by atoms with van der Waals surface area (Å²) in [5, 5.41) is 3.26. The lowest BCUT2D eigenvalue weighted by atomic mass is 10.2. The summed E-state index contributed by atoms with van der Waals surface area (Å²) in [6.45, 7) is 4.64. The Morgan fingerprint density at radius 3 is 3.20 bits per heavy atom. The van der Waals surface area contributed by atoms with Crippen LogP contribution in [0.5, 0.6) is 0 Å². The Balaban J connectivity index is 1.89. The number of aromatic nitrogens is 3. The van der Waals surface area contributed by atoms with Gasteiger partial charge in [0.25, 0.3) is 0 Å². The summed E-state index contributed by atoms with van der Waals surface area (Å²) in [6, 6.07) is 0. The molecule has 1 aliphatic rings. The van der Waals surface area contributed by atoms with E-state index in [4.69, 9.17) is 4.74 Å². The number of nitrogens with one attached hydrogen (secondary N) is 1. The largest absolute Gasteiger partial charge is 0.376 e. The molecule has 1 saturated heterocycles. The Morgan fingerprint density at radius 2 is 2.45 bits per heavy atom. The summed E-state index contributed by atoms with van der Waals surface area (Å²) in [5.74, 6) is 1.76. The molecule has 1 N–H and O–H groups in total. The lowest BCUT2D eigenvalue weighted by molar-refractivity contribution is 0.116. The van der Waals surface area contributed by atoms with Gasteiger partial charge in [-0.2, -0.15) is 0 Å². The summed E-state index contributed by atoms with van der Waals surface area (Å²) in [4.78, 5) is 11.2. The summed E-state index contributed by atoms with van der Waals surface area (Å²) in [5.41, 5.74) is 0.882. The zero-order valence-electron chi connectivity index (χ0n) is 12.0. The first-order valence-electron chi connectivity index (χ1n) is 7.18. The molecule has 0 radical (unpaired) electrons. The topological polar surface area (TPSA) is 54.7 Å². The van der Waals surface area contributed by atoms with Crippen LogP contribution in [-0.2, 0) is 4.74 Å². The number of hydrogen-bond acceptors (Lipinski definition) is 5. The van der Waals surface area contributed by atoms with E-state index in [1.165, 1.54) is 0 Å². The molecular weight excluding hydrogens is 254 g/mol. The second kappa shape index (κ2) is 5.66. The van der Waals surface area contributed by atoms with E-state index in [2.05, 4.69) is 34.2 Å². The van der Waals surface area contributed by atoms with Crippen LogP contribution in [0.15, 0.2) is 18.6 Å². The van der Waals surface area contributed by atoms with Crippen LogP contribution in [0.3, 0.4) is 0 Å². The van der Waals surface area contributed by atoms with E-state index in [-0.39, 0.29) is 0 Å². The van der Waals surface area contributed by atoms with Crippen LogP contribution in [0.25, 0.3) is 5.65 Å². The van der Waals surface area contributed by atoms with Gasteiger partial charge in [0.2, 0.25) is 0 Å². The number of rotatable bonds is 5. The molecule has 1 fully saturated rings. The highest BCUT2D eigenvalue weighted by molar-refractivity contribution is 5.66. The number of anilines is 2. The Kier molecular flexibility index (Phi) is 3.73. The van der Waals surface area contributed by atoms with E-state index in [1.54, 1.807) is 6.20 Å². The van der Waals surface area contributed by atoms with Crippen molar-refractivity contribution in [1.82, 2.24) is 14.4 Å². The number of nitrogens with zero attached hydrogens (tertiary/aromatic N) is 4. The van der Waals surface area contributed by atoms with Crippen molar-refractivity contribution in [2.24, 2.45) is 0 Å². The molecule has 0 spiro atoms. The molecule has 1 aliphatic heterocycles. The SMILES string of the molecule is CCNc1cn2ccnc2c(N(C)CC2CCCO2)n1. The second-order valence-electron chi connectivity index (χ2n) is 5.15. The van der Waals surface area contributed by atoms with Crippen LogP contribution in [0, 0.1) is 0 Å². The van der Waals surface area contributed by atoms with Gasteiger partial charge in [0.1, 0.15) is 5.82 Å². The van der Waals surface area contributed by atoms with Gasteiger partial charge in [-0.25, -0.2) is 9.97 Å². The number of ether oxygens (including phenoxy) is 1. The molecule has 1 atom stereocenters. The van der Waals surface area contributed by atoms with Crippen molar-refractivity contribution in [2.75, 3.05) is 37.0 Å². The summed E-state index contributed by atoms with van der Waals surface area (Å²) in [7, 11) is 2.05. The van der Waals surface area contributed by atoms with Gasteiger partial charge in [0, 0.05) is 39.1 Å². The highest BCUT2D eigenvalue weighted by atomic mass is 16.5. The maximum absolute atomic E-state index is 5.70. The summed E-state index contributed by atoms with van der Waals surface area (Å²) in [6.07, 6.45) is 8.30. The smallest absolute Gasteiger partial charge is 0.180 e. The third-order valence-corrected chi connectivity index (χ3v) is 3.58. The van der Waals surface area contributed by atoms with Crippen molar-refractivity contribution in [2.45, 2.75) is 25.9 Å². The van der Waals surface area contributed by atoms with Crippen molar-refractivity contribution in [3.05, 3.63) is 18.6 Å². The van der Waals surface area contributed by atoms with E-state index in [0.29, 0.717) is 6.10 Å². The Morgan fingerprint density at radius 1 is 1.55 bits per heavy atom. The molecule has 2 aromatic rings. The number of imidazole rings is 1. The highest BCUT2D eigenvalue weighted by Crippen LogP contribution is 2.22. The molecule has 6 heteroatoms. The molecule has 1 unspecified atom stereocenters. The fourth-order valence-electron chi connectivity index (χ4n) is 2.62. The normalized spacial score (nSPS) is 18.6. The van der Waals surface area contributed by atoms with Crippen molar-refractivity contribution >= 4 is 17.3 Å². The molecule has 0 aromatic carbocycles.